The average Bonchev–Trinajstić information content (AvgIpc) is 0.834. The average molecular weight is 1880 g/mol. The van der Waals surface area contributed by atoms with Gasteiger partial charge in [0.15, 0.2) is 8.32 Å². The number of carbonyl (C=O) groups excluding carboxylic acids is 6. The molecule has 0 radical (unpaired) electrons. The van der Waals surface area contributed by atoms with E-state index in [0.29, 0.717) is 17.2 Å². The standard InChI is InChI=1S/2C14H23NOSi.C10H13NO.C5H11I.C5H11NO.C5H14Si.C5H12.C4H9I.C4H9NO.C4H8O2.C4H12OSi.C4H10O.C3H5F3.C3H8.CH3F.2CH4/c1-6-10-17(4,5)14-9-7-8-13(11-14)15(3)12(2)16;1-5-11-17(3,4)12-15(13(2)16)14-9-7-6-8-10-14;1-3-11(9(2)12)10-7-5-4-6-8-10;1-4-5(2,3)6;1-4-6(3)5(2)7;1-5-6(2,3)4;1-4-5(2)3;1-3-4(2)5;1-3-5-4(2)6;1-3-6-4(2)5;1-4-6(2,3)5;1-3-5-4-2;1-2-3(4,5)6;1-3-2;1-2;;/h7-9,11H,6,10H2,1-5H3;6-10H,5,11-12H2,1-4H3;4-8H,3H2,1-2H3;4H2,1-3H3;4H2,1-3H3;5H2,1-4H3;5H,4H2,1-3H3;4H,3H2,1-2H3;3H2,1-2H3,(H,5,6);3H2,1-2H3;5H,4H2,1-3H3;3-4H2,1-2H3;2H2,1H3;3H2,1-2H3;1H3;2*1H4. The van der Waals surface area contributed by atoms with Crippen LogP contribution in [0.25, 0.3) is 0 Å². The van der Waals surface area contributed by atoms with Gasteiger partial charge in [0.2, 0.25) is 29.5 Å². The van der Waals surface area contributed by atoms with E-state index in [1.165, 1.54) is 75.7 Å². The van der Waals surface area contributed by atoms with Crippen molar-refractivity contribution in [3.8, 4) is 0 Å². The Labute approximate surface area is 716 Å². The fourth-order valence-corrected chi connectivity index (χ4v) is 11.7. The molecule has 3 rings (SSSR count). The van der Waals surface area contributed by atoms with Gasteiger partial charge in [0, 0.05) is 134 Å². The molecular weight excluding hydrogens is 1700 g/mol. The summed E-state index contributed by atoms with van der Waals surface area (Å²) in [5.74, 6) is 1.15. The fraction of sp³-hybridized carbons (Fsp3) is 0.724. The first-order valence-corrected chi connectivity index (χ1v) is 55.4. The van der Waals surface area contributed by atoms with E-state index in [-0.39, 0.29) is 50.4 Å². The highest BCUT2D eigenvalue weighted by Crippen LogP contribution is 2.22. The molecule has 0 saturated carbocycles. The van der Waals surface area contributed by atoms with Crippen molar-refractivity contribution in [2.24, 2.45) is 5.92 Å². The Morgan fingerprint density at radius 2 is 0.883 bits per heavy atom. The summed E-state index contributed by atoms with van der Waals surface area (Å²) in [5.41, 5.74) is 3.00. The first kappa shape index (κ1) is 139. The lowest BCUT2D eigenvalue weighted by Gasteiger charge is -2.30. The van der Waals surface area contributed by atoms with Gasteiger partial charge in [-0.05, 0) is 116 Å². The molecule has 1 atom stereocenters. The van der Waals surface area contributed by atoms with Crippen molar-refractivity contribution in [1.82, 2.24) is 10.2 Å². The summed E-state index contributed by atoms with van der Waals surface area (Å²) in [5, 5.41) is 4.00. The van der Waals surface area contributed by atoms with E-state index in [9.17, 15) is 46.3 Å². The van der Waals surface area contributed by atoms with Crippen LogP contribution in [0.3, 0.4) is 0 Å². The highest BCUT2D eigenvalue weighted by Gasteiger charge is 2.26. The van der Waals surface area contributed by atoms with Gasteiger partial charge in [-0.25, -0.2) is 0 Å². The first-order valence-electron chi connectivity index (χ1n) is 39.6. The molecule has 24 heteroatoms. The Kier molecular flexibility index (Phi) is 112. The minimum atomic E-state index is -3.96. The highest BCUT2D eigenvalue weighted by atomic mass is 127. The second kappa shape index (κ2) is 88.8. The molecule has 0 fully saturated rings. The molecule has 0 saturated heterocycles. The number of carbonyl (C=O) groups is 6. The lowest BCUT2D eigenvalue weighted by molar-refractivity contribution is -0.140. The lowest BCUT2D eigenvalue weighted by Crippen LogP contribution is -2.44. The third-order valence-corrected chi connectivity index (χ3v) is 27.0. The van der Waals surface area contributed by atoms with Gasteiger partial charge in [0.1, 0.15) is 0 Å². The Morgan fingerprint density at radius 3 is 1.05 bits per heavy atom. The number of benzene rings is 3. The van der Waals surface area contributed by atoms with Crippen LogP contribution in [0.15, 0.2) is 84.9 Å². The summed E-state index contributed by atoms with van der Waals surface area (Å²) in [6.07, 6.45) is 3.77. The predicted molar refractivity (Wildman–Crippen MR) is 517 cm³/mol. The Bertz CT molecular complexity index is 2430. The van der Waals surface area contributed by atoms with Crippen molar-refractivity contribution in [3.63, 3.8) is 0 Å². The highest BCUT2D eigenvalue weighted by molar-refractivity contribution is 14.1. The van der Waals surface area contributed by atoms with Gasteiger partial charge >= 0.3 is 12.1 Å². The molecule has 0 aromatic heterocycles. The Balaban J connectivity index is -0.0000000782. The largest absolute Gasteiger partial charge is 0.466 e. The minimum absolute atomic E-state index is 0. The zero-order valence-electron chi connectivity index (χ0n) is 77.2. The van der Waals surface area contributed by atoms with Gasteiger partial charge in [0.05, 0.1) is 29.9 Å². The topological polar surface area (TPSA) is 166 Å². The summed E-state index contributed by atoms with van der Waals surface area (Å²) in [4.78, 5) is 80.3. The number of halogens is 6. The number of nitrogens with zero attached hydrogens (tertiary/aromatic N) is 4. The van der Waals surface area contributed by atoms with E-state index >= 15 is 0 Å². The maximum atomic E-state index is 11.8. The molecule has 1 unspecified atom stereocenters. The molecule has 664 valence electrons. The molecule has 2 N–H and O–H groups in total. The maximum absolute atomic E-state index is 11.8. The van der Waals surface area contributed by atoms with Crippen molar-refractivity contribution < 1.29 is 60.6 Å². The van der Waals surface area contributed by atoms with Gasteiger partial charge in [0.25, 0.3) is 0 Å². The number of anilines is 3. The van der Waals surface area contributed by atoms with Gasteiger partial charge in [-0.15, -0.1) is 0 Å². The van der Waals surface area contributed by atoms with Crippen LogP contribution < -0.4 is 25.2 Å². The third kappa shape index (κ3) is 122. The van der Waals surface area contributed by atoms with E-state index in [2.05, 4.69) is 209 Å². The van der Waals surface area contributed by atoms with Crippen LogP contribution >= 0.6 is 45.2 Å². The fourth-order valence-electron chi connectivity index (χ4n) is 6.34. The van der Waals surface area contributed by atoms with Crippen LogP contribution in [0.5, 0.6) is 0 Å². The molecule has 0 bridgehead atoms. The van der Waals surface area contributed by atoms with E-state index in [1.807, 2.05) is 133 Å². The smallest absolute Gasteiger partial charge is 0.388 e. The quantitative estimate of drug-likeness (QED) is 0.0347. The lowest BCUT2D eigenvalue weighted by atomic mass is 10.2. The number of nitrogens with one attached hydrogen (secondary N) is 1. The monoisotopic (exact) mass is 1880 g/mol. The van der Waals surface area contributed by atoms with E-state index in [0.717, 1.165) is 78.9 Å². The van der Waals surface area contributed by atoms with Gasteiger partial charge in [-0.2, -0.15) is 13.2 Å². The van der Waals surface area contributed by atoms with Crippen molar-refractivity contribution in [2.45, 2.75) is 343 Å². The molecule has 0 aliphatic carbocycles. The van der Waals surface area contributed by atoms with Gasteiger partial charge in [-0.1, -0.05) is 307 Å². The van der Waals surface area contributed by atoms with Crippen LogP contribution in [0.2, 0.25) is 83.1 Å². The van der Waals surface area contributed by atoms with Crippen molar-refractivity contribution in [2.75, 3.05) is 81.6 Å². The SMILES string of the molecule is C.C.CCC.CCC(C)(C)I.CCC(C)C.CCC(C)I.CCC(F)(F)F.CCC[Si](C)(C)CN(C(C)=O)c1ccccc1.CCC[Si](C)(C)c1cccc(N(C)C(C)=O)c1.CCN(C(C)=O)c1ccccc1.CCN(C)C(C)=O.CCNC(C)=O.CCOC(C)=O.CCOCC.CC[Si](C)(C)C.CC[Si](C)(C)O.CF. The molecule has 0 heterocycles. The van der Waals surface area contributed by atoms with Crippen LogP contribution in [0, 0.1) is 5.92 Å². The Hall–Kier alpha value is -3.55. The van der Waals surface area contributed by atoms with Gasteiger partial charge in [-0.3, -0.25) is 33.2 Å². The van der Waals surface area contributed by atoms with E-state index < -0.39 is 45.1 Å². The number of hydrogen-bond acceptors (Lipinski definition) is 9. The zero-order chi connectivity index (χ0) is 89.0. The molecular formula is C87H179F4I2N5O9Si4. The second-order valence-electron chi connectivity index (χ2n) is 29.4. The minimum Gasteiger partial charge on any atom is -0.466 e. The molecule has 0 aliphatic heterocycles. The van der Waals surface area contributed by atoms with Gasteiger partial charge < -0.3 is 39.2 Å². The zero-order valence-corrected chi connectivity index (χ0v) is 85.6. The number of esters is 1. The number of rotatable bonds is 21. The van der Waals surface area contributed by atoms with E-state index in [1.54, 1.807) is 56.4 Å². The van der Waals surface area contributed by atoms with Crippen molar-refractivity contribution in [3.05, 3.63) is 84.9 Å². The molecule has 14 nitrogen and oxygen atoms in total. The Morgan fingerprint density at radius 1 is 0.541 bits per heavy atom. The normalized spacial score (nSPS) is 10.2. The number of ether oxygens (including phenoxy) is 2. The summed E-state index contributed by atoms with van der Waals surface area (Å²) in [6.45, 7) is 77.6. The number of hydrogen-bond donors (Lipinski definition) is 2. The summed E-state index contributed by atoms with van der Waals surface area (Å²) in [6, 6.07) is 33.0. The van der Waals surface area contributed by atoms with Crippen LogP contribution in [0.4, 0.5) is 34.6 Å². The number of para-hydroxylation sites is 2. The van der Waals surface area contributed by atoms with Crippen LogP contribution in [0.1, 0.15) is 247 Å². The van der Waals surface area contributed by atoms with Crippen LogP contribution in [-0.4, -0.2) is 158 Å². The van der Waals surface area contributed by atoms with E-state index in [4.69, 9.17) is 9.53 Å². The molecule has 3 aromatic carbocycles. The molecule has 5 amide bonds. The molecule has 3 aromatic rings. The van der Waals surface area contributed by atoms with Crippen LogP contribution in [-0.2, 0) is 38.2 Å². The predicted octanol–water partition coefficient (Wildman–Crippen LogP) is 26.7. The number of alkyl halides is 6. The molecule has 0 aliphatic rings. The number of amides is 5. The summed E-state index contributed by atoms with van der Waals surface area (Å²) >= 11 is 4.85. The maximum Gasteiger partial charge on any atom is 0.388 e. The van der Waals surface area contributed by atoms with Crippen molar-refractivity contribution >= 4 is 135 Å². The summed E-state index contributed by atoms with van der Waals surface area (Å²) in [7, 11) is -0.789. The molecule has 0 spiro atoms. The first-order chi connectivity index (χ1) is 49.9. The molecule has 111 heavy (non-hydrogen) atoms. The van der Waals surface area contributed by atoms with Crippen molar-refractivity contribution in [1.29, 1.82) is 0 Å². The second-order valence-corrected chi connectivity index (χ2v) is 54.6. The summed E-state index contributed by atoms with van der Waals surface area (Å²) < 4.78 is 52.5. The third-order valence-electron chi connectivity index (χ3n) is 14.8.